The predicted molar refractivity (Wildman–Crippen MR) is 67.6 cm³/mol. The van der Waals surface area contributed by atoms with Crippen LogP contribution in [0.25, 0.3) is 10.8 Å². The van der Waals surface area contributed by atoms with Crippen LogP contribution < -0.4 is 0 Å². The van der Waals surface area contributed by atoms with E-state index in [0.717, 1.165) is 16.3 Å². The summed E-state index contributed by atoms with van der Waals surface area (Å²) in [7, 11) is 0. The lowest BCUT2D eigenvalue weighted by Gasteiger charge is -2.13. The molecule has 0 bridgehead atoms. The highest BCUT2D eigenvalue weighted by atomic mass is 16.3. The molecule has 1 N–H and O–H groups in total. The molecule has 0 radical (unpaired) electrons. The lowest BCUT2D eigenvalue weighted by Crippen LogP contribution is -1.94. The molecule has 2 aromatic rings. The topological polar surface area (TPSA) is 20.2 Å². The van der Waals surface area contributed by atoms with Gasteiger partial charge in [0.25, 0.3) is 0 Å². The van der Waals surface area contributed by atoms with E-state index in [1.54, 1.807) is 12.1 Å². The zero-order chi connectivity index (χ0) is 11.7. The Bertz CT molecular complexity index is 574. The molecule has 0 saturated heterocycles. The Morgan fingerprint density at radius 1 is 1.19 bits per heavy atom. The van der Waals surface area contributed by atoms with Gasteiger partial charge in [0, 0.05) is 5.56 Å². The number of phenols is 1. The highest BCUT2D eigenvalue weighted by Crippen LogP contribution is 2.30. The number of fused-ring (bicyclic) bond motifs is 1. The second kappa shape index (κ2) is 3.90. The van der Waals surface area contributed by atoms with Gasteiger partial charge in [0.05, 0.1) is 0 Å². The van der Waals surface area contributed by atoms with Crippen LogP contribution in [0.15, 0.2) is 30.3 Å². The van der Waals surface area contributed by atoms with Crippen LogP contribution in [-0.2, 0) is 0 Å². The smallest absolute Gasteiger partial charge is 0.116 e. The van der Waals surface area contributed by atoms with E-state index in [0.29, 0.717) is 5.92 Å². The maximum Gasteiger partial charge on any atom is 0.116 e. The average Bonchev–Trinajstić information content (AvgIpc) is 2.26. The van der Waals surface area contributed by atoms with E-state index >= 15 is 0 Å². The van der Waals surface area contributed by atoms with Crippen molar-refractivity contribution < 1.29 is 5.11 Å². The van der Waals surface area contributed by atoms with E-state index < -0.39 is 0 Å². The summed E-state index contributed by atoms with van der Waals surface area (Å²) >= 11 is 0. The summed E-state index contributed by atoms with van der Waals surface area (Å²) < 4.78 is 0. The number of hydrogen-bond donors (Lipinski definition) is 1. The third-order valence-corrected chi connectivity index (χ3v) is 2.78. The van der Waals surface area contributed by atoms with Crippen LogP contribution in [-0.4, -0.2) is 5.11 Å². The Kier molecular flexibility index (Phi) is 2.58. The van der Waals surface area contributed by atoms with Crippen LogP contribution in [0, 0.1) is 12.3 Å². The first-order chi connectivity index (χ1) is 7.63. The van der Waals surface area contributed by atoms with E-state index in [4.69, 9.17) is 6.42 Å². The van der Waals surface area contributed by atoms with Gasteiger partial charge in [0.15, 0.2) is 0 Å². The molecule has 0 aliphatic carbocycles. The van der Waals surface area contributed by atoms with Gasteiger partial charge in [-0.1, -0.05) is 31.9 Å². The molecule has 0 spiro atoms. The van der Waals surface area contributed by atoms with Gasteiger partial charge in [-0.05, 0) is 40.5 Å². The molecule has 1 nitrogen and oxygen atoms in total. The van der Waals surface area contributed by atoms with Crippen LogP contribution in [0.3, 0.4) is 0 Å². The number of hydrogen-bond acceptors (Lipinski definition) is 1. The van der Waals surface area contributed by atoms with E-state index in [9.17, 15) is 5.11 Å². The van der Waals surface area contributed by atoms with Crippen LogP contribution in [0.5, 0.6) is 5.75 Å². The van der Waals surface area contributed by atoms with Gasteiger partial charge in [-0.25, -0.2) is 0 Å². The molecular formula is C15H14O. The molecule has 0 heterocycles. The van der Waals surface area contributed by atoms with Crippen LogP contribution in [0.4, 0.5) is 0 Å². The van der Waals surface area contributed by atoms with E-state index in [1.807, 2.05) is 18.2 Å². The molecule has 0 atom stereocenters. The molecule has 0 unspecified atom stereocenters. The number of benzene rings is 2. The van der Waals surface area contributed by atoms with Crippen LogP contribution >= 0.6 is 0 Å². The summed E-state index contributed by atoms with van der Waals surface area (Å²) in [4.78, 5) is 0. The predicted octanol–water partition coefficient (Wildman–Crippen LogP) is 3.65. The van der Waals surface area contributed by atoms with Crippen molar-refractivity contribution >= 4 is 10.8 Å². The van der Waals surface area contributed by atoms with Crippen LogP contribution in [0.2, 0.25) is 0 Å². The summed E-state index contributed by atoms with van der Waals surface area (Å²) in [6, 6.07) is 9.30. The van der Waals surface area contributed by atoms with Crippen molar-refractivity contribution in [3.05, 3.63) is 41.5 Å². The minimum atomic E-state index is 0.288. The molecular weight excluding hydrogens is 196 g/mol. The van der Waals surface area contributed by atoms with Crippen molar-refractivity contribution in [1.29, 1.82) is 0 Å². The fourth-order valence-corrected chi connectivity index (χ4v) is 2.09. The third-order valence-electron chi connectivity index (χ3n) is 2.78. The maximum atomic E-state index is 9.45. The van der Waals surface area contributed by atoms with Gasteiger partial charge in [-0.2, -0.15) is 0 Å². The first-order valence-corrected chi connectivity index (χ1v) is 5.35. The molecule has 2 aromatic carbocycles. The average molecular weight is 210 g/mol. The largest absolute Gasteiger partial charge is 0.508 e. The molecule has 80 valence electrons. The fourth-order valence-electron chi connectivity index (χ4n) is 2.09. The Hall–Kier alpha value is -1.94. The molecule has 1 heteroatoms. The number of terminal acetylenes is 1. The molecule has 0 saturated carbocycles. The van der Waals surface area contributed by atoms with Crippen molar-refractivity contribution in [1.82, 2.24) is 0 Å². The minimum Gasteiger partial charge on any atom is -0.508 e. The summed E-state index contributed by atoms with van der Waals surface area (Å²) in [6.07, 6.45) is 5.51. The van der Waals surface area contributed by atoms with Gasteiger partial charge in [-0.15, -0.1) is 6.42 Å². The Labute approximate surface area is 95.7 Å². The molecule has 2 rings (SSSR count). The Morgan fingerprint density at radius 3 is 2.56 bits per heavy atom. The van der Waals surface area contributed by atoms with E-state index in [2.05, 4.69) is 19.8 Å². The third kappa shape index (κ3) is 1.63. The highest BCUT2D eigenvalue weighted by Gasteiger charge is 2.10. The first-order valence-electron chi connectivity index (χ1n) is 5.35. The zero-order valence-corrected chi connectivity index (χ0v) is 9.49. The maximum absolute atomic E-state index is 9.45. The zero-order valence-electron chi connectivity index (χ0n) is 9.49. The monoisotopic (exact) mass is 210 g/mol. The highest BCUT2D eigenvalue weighted by molar-refractivity contribution is 5.89. The number of rotatable bonds is 1. The van der Waals surface area contributed by atoms with Gasteiger partial charge in [0.1, 0.15) is 5.75 Å². The van der Waals surface area contributed by atoms with E-state index in [1.165, 1.54) is 5.56 Å². The molecule has 0 aliphatic rings. The first kappa shape index (κ1) is 10.6. The fraction of sp³-hybridized carbons (Fsp3) is 0.200. The normalized spacial score (nSPS) is 10.6. The van der Waals surface area contributed by atoms with E-state index in [-0.39, 0.29) is 5.75 Å². The number of aromatic hydroxyl groups is 1. The van der Waals surface area contributed by atoms with Crippen molar-refractivity contribution in [2.75, 3.05) is 0 Å². The summed E-state index contributed by atoms with van der Waals surface area (Å²) in [5, 5.41) is 11.6. The van der Waals surface area contributed by atoms with Gasteiger partial charge in [-0.3, -0.25) is 0 Å². The minimum absolute atomic E-state index is 0.288. The molecule has 0 aliphatic heterocycles. The summed E-state index contributed by atoms with van der Waals surface area (Å²) in [5.41, 5.74) is 2.12. The molecule has 0 amide bonds. The molecule has 0 aromatic heterocycles. The van der Waals surface area contributed by atoms with Gasteiger partial charge >= 0.3 is 0 Å². The van der Waals surface area contributed by atoms with Crippen molar-refractivity contribution in [2.45, 2.75) is 19.8 Å². The van der Waals surface area contributed by atoms with Crippen LogP contribution in [0.1, 0.15) is 30.9 Å². The summed E-state index contributed by atoms with van der Waals surface area (Å²) in [6.45, 7) is 4.25. The second-order valence-electron chi connectivity index (χ2n) is 4.23. The Balaban J connectivity index is 2.85. The molecule has 0 fully saturated rings. The SMILES string of the molecule is C#Cc1ccc2cc(O)ccc2c1C(C)C. The van der Waals surface area contributed by atoms with Gasteiger partial charge in [0.2, 0.25) is 0 Å². The lowest BCUT2D eigenvalue weighted by molar-refractivity contribution is 0.476. The summed E-state index contributed by atoms with van der Waals surface area (Å²) in [5.74, 6) is 3.38. The van der Waals surface area contributed by atoms with Crippen molar-refractivity contribution in [3.63, 3.8) is 0 Å². The lowest BCUT2D eigenvalue weighted by atomic mass is 9.91. The Morgan fingerprint density at radius 2 is 1.94 bits per heavy atom. The van der Waals surface area contributed by atoms with Crippen molar-refractivity contribution in [3.8, 4) is 18.1 Å². The standard InChI is InChI=1S/C15H14O/c1-4-11-5-6-12-9-13(16)7-8-14(12)15(11)10(2)3/h1,5-10,16H,2-3H3. The second-order valence-corrected chi connectivity index (χ2v) is 4.23. The molecule has 16 heavy (non-hydrogen) atoms. The number of phenolic OH excluding ortho intramolecular Hbond substituents is 1. The van der Waals surface area contributed by atoms with Crippen molar-refractivity contribution in [2.24, 2.45) is 0 Å². The van der Waals surface area contributed by atoms with Gasteiger partial charge < -0.3 is 5.11 Å². The quantitative estimate of drug-likeness (QED) is 0.712.